The van der Waals surface area contributed by atoms with Gasteiger partial charge in [-0.3, -0.25) is 0 Å². The normalized spacial score (nSPS) is 10.8. The Labute approximate surface area is 115 Å². The van der Waals surface area contributed by atoms with E-state index >= 15 is 0 Å². The lowest BCUT2D eigenvalue weighted by atomic mass is 10.3. The van der Waals surface area contributed by atoms with Gasteiger partial charge in [-0.1, -0.05) is 66.0 Å². The molecular formula is C17H31N. The first kappa shape index (κ1) is 21.8. The molecule has 0 unspecified atom stereocenters. The summed E-state index contributed by atoms with van der Waals surface area (Å²) in [5, 5.41) is 3.25. The number of nitrogens with one attached hydrogen (secondary N) is 1. The standard InChI is InChI=1S/C13H19N.2C2H6/c1-5-9-12(8-4)14-13(10-6-2)11-7-3;2*1-2/h6-11,14H,2,4-5H2,1,3H3;2*1-2H3/b11-7-,12-9+,13-10+;;. The van der Waals surface area contributed by atoms with Crippen LogP contribution in [-0.2, 0) is 0 Å². The molecule has 1 heteroatoms. The van der Waals surface area contributed by atoms with Crippen molar-refractivity contribution < 1.29 is 0 Å². The lowest BCUT2D eigenvalue weighted by Crippen LogP contribution is -2.09. The van der Waals surface area contributed by atoms with Crippen LogP contribution < -0.4 is 5.32 Å². The Hall–Kier alpha value is -1.50. The molecule has 1 nitrogen and oxygen atoms in total. The molecule has 0 aliphatic heterocycles. The van der Waals surface area contributed by atoms with Crippen LogP contribution in [-0.4, -0.2) is 0 Å². The maximum absolute atomic E-state index is 3.75. The second-order valence-electron chi connectivity index (χ2n) is 2.75. The minimum Gasteiger partial charge on any atom is -0.356 e. The second kappa shape index (κ2) is 20.9. The quantitative estimate of drug-likeness (QED) is 0.591. The van der Waals surface area contributed by atoms with Crippen LogP contribution in [0.4, 0.5) is 0 Å². The van der Waals surface area contributed by atoms with Crippen molar-refractivity contribution in [3.8, 4) is 0 Å². The molecule has 1 N–H and O–H groups in total. The van der Waals surface area contributed by atoms with Crippen LogP contribution in [0.15, 0.2) is 61.0 Å². The van der Waals surface area contributed by atoms with Crippen LogP contribution in [0.25, 0.3) is 0 Å². The summed E-state index contributed by atoms with van der Waals surface area (Å²) in [6.45, 7) is 19.5. The fourth-order valence-electron chi connectivity index (χ4n) is 1.02. The molecule has 0 heterocycles. The van der Waals surface area contributed by atoms with Crippen molar-refractivity contribution in [3.63, 3.8) is 0 Å². The van der Waals surface area contributed by atoms with Gasteiger partial charge < -0.3 is 5.32 Å². The molecule has 0 aliphatic rings. The monoisotopic (exact) mass is 249 g/mol. The molecule has 0 saturated heterocycles. The summed E-state index contributed by atoms with van der Waals surface area (Å²) in [4.78, 5) is 0. The molecule has 0 aromatic carbocycles. The largest absolute Gasteiger partial charge is 0.356 e. The van der Waals surface area contributed by atoms with Crippen LogP contribution in [0.5, 0.6) is 0 Å². The fourth-order valence-corrected chi connectivity index (χ4v) is 1.02. The molecule has 0 bridgehead atoms. The Morgan fingerprint density at radius 3 is 1.94 bits per heavy atom. The van der Waals surface area contributed by atoms with Gasteiger partial charge >= 0.3 is 0 Å². The van der Waals surface area contributed by atoms with Gasteiger partial charge in [-0.2, -0.15) is 0 Å². The van der Waals surface area contributed by atoms with Gasteiger partial charge in [-0.15, -0.1) is 0 Å². The number of hydrogen-bond acceptors (Lipinski definition) is 1. The van der Waals surface area contributed by atoms with Gasteiger partial charge in [-0.05, 0) is 31.6 Å². The maximum atomic E-state index is 3.75. The van der Waals surface area contributed by atoms with E-state index in [1.807, 2.05) is 58.9 Å². The van der Waals surface area contributed by atoms with Crippen molar-refractivity contribution in [2.24, 2.45) is 0 Å². The highest BCUT2D eigenvalue weighted by atomic mass is 14.9. The fraction of sp³-hybridized carbons (Fsp3) is 0.412. The topological polar surface area (TPSA) is 12.0 Å². The van der Waals surface area contributed by atoms with E-state index in [2.05, 4.69) is 31.5 Å². The van der Waals surface area contributed by atoms with Crippen molar-refractivity contribution in [2.45, 2.75) is 48.0 Å². The predicted molar refractivity (Wildman–Crippen MR) is 87.5 cm³/mol. The average molecular weight is 249 g/mol. The smallest absolute Gasteiger partial charge is 0.0380 e. The third-order valence-corrected chi connectivity index (χ3v) is 1.58. The lowest BCUT2D eigenvalue weighted by Gasteiger charge is -2.07. The van der Waals surface area contributed by atoms with Crippen LogP contribution in [0.1, 0.15) is 48.0 Å². The zero-order valence-electron chi connectivity index (χ0n) is 13.1. The molecule has 0 saturated carbocycles. The van der Waals surface area contributed by atoms with Crippen molar-refractivity contribution in [1.29, 1.82) is 0 Å². The molecule has 0 spiro atoms. The van der Waals surface area contributed by atoms with Crippen molar-refractivity contribution >= 4 is 0 Å². The van der Waals surface area contributed by atoms with Gasteiger partial charge in [0.15, 0.2) is 0 Å². The molecule has 104 valence electrons. The second-order valence-corrected chi connectivity index (χ2v) is 2.75. The summed E-state index contributed by atoms with van der Waals surface area (Å²) in [5.74, 6) is 0. The minimum absolute atomic E-state index is 0.992. The molecule has 0 atom stereocenters. The lowest BCUT2D eigenvalue weighted by molar-refractivity contribution is 1.02. The van der Waals surface area contributed by atoms with E-state index in [-0.39, 0.29) is 0 Å². The van der Waals surface area contributed by atoms with Gasteiger partial charge in [0.05, 0.1) is 0 Å². The Bertz CT molecular complexity index is 267. The first-order chi connectivity index (χ1) is 8.78. The minimum atomic E-state index is 0.992. The number of rotatable bonds is 6. The van der Waals surface area contributed by atoms with Gasteiger partial charge in [0.2, 0.25) is 0 Å². The summed E-state index contributed by atoms with van der Waals surface area (Å²) in [7, 11) is 0. The third-order valence-electron chi connectivity index (χ3n) is 1.58. The van der Waals surface area contributed by atoms with E-state index in [1.54, 1.807) is 6.08 Å². The van der Waals surface area contributed by atoms with E-state index < -0.39 is 0 Å². The highest BCUT2D eigenvalue weighted by Crippen LogP contribution is 2.00. The van der Waals surface area contributed by atoms with Crippen LogP contribution in [0.2, 0.25) is 0 Å². The van der Waals surface area contributed by atoms with Gasteiger partial charge in [0.1, 0.15) is 0 Å². The summed E-state index contributed by atoms with van der Waals surface area (Å²) < 4.78 is 0. The van der Waals surface area contributed by atoms with Gasteiger partial charge in [-0.25, -0.2) is 0 Å². The van der Waals surface area contributed by atoms with E-state index in [1.165, 1.54) is 0 Å². The molecule has 18 heavy (non-hydrogen) atoms. The highest BCUT2D eigenvalue weighted by molar-refractivity contribution is 5.28. The maximum Gasteiger partial charge on any atom is 0.0380 e. The zero-order valence-corrected chi connectivity index (χ0v) is 13.1. The first-order valence-corrected chi connectivity index (χ1v) is 6.83. The average Bonchev–Trinajstić information content (AvgIpc) is 2.43. The van der Waals surface area contributed by atoms with Crippen LogP contribution in [0.3, 0.4) is 0 Å². The van der Waals surface area contributed by atoms with Crippen molar-refractivity contribution in [1.82, 2.24) is 5.32 Å². The number of hydrogen-bond donors (Lipinski definition) is 1. The van der Waals surface area contributed by atoms with Crippen LogP contribution >= 0.6 is 0 Å². The number of allylic oxidation sites excluding steroid dienone is 6. The Kier molecular flexibility index (Phi) is 25.2. The van der Waals surface area contributed by atoms with Crippen molar-refractivity contribution in [3.05, 3.63) is 61.0 Å². The van der Waals surface area contributed by atoms with E-state index in [0.717, 1.165) is 17.8 Å². The van der Waals surface area contributed by atoms with E-state index in [4.69, 9.17) is 0 Å². The Morgan fingerprint density at radius 1 is 1.06 bits per heavy atom. The van der Waals surface area contributed by atoms with Gasteiger partial charge in [0, 0.05) is 11.4 Å². The molecule has 0 fully saturated rings. The SMILES string of the molecule is C=C/C=C(\C=C/C)N/C(C=C)=C/CC.CC.CC. The molecule has 0 aromatic heterocycles. The predicted octanol–water partition coefficient (Wildman–Crippen LogP) is 5.75. The highest BCUT2D eigenvalue weighted by Gasteiger charge is 1.91. The molecule has 0 aliphatic carbocycles. The summed E-state index contributed by atoms with van der Waals surface area (Å²) >= 11 is 0. The summed E-state index contributed by atoms with van der Waals surface area (Å²) in [6.07, 6.45) is 12.6. The van der Waals surface area contributed by atoms with E-state index in [9.17, 15) is 0 Å². The van der Waals surface area contributed by atoms with Crippen LogP contribution in [0, 0.1) is 0 Å². The van der Waals surface area contributed by atoms with Crippen molar-refractivity contribution in [2.75, 3.05) is 0 Å². The molecular weight excluding hydrogens is 218 g/mol. The molecule has 0 aromatic rings. The Balaban J connectivity index is -0.000000506. The molecule has 0 rings (SSSR count). The van der Waals surface area contributed by atoms with Gasteiger partial charge in [0.25, 0.3) is 0 Å². The molecule has 0 radical (unpaired) electrons. The van der Waals surface area contributed by atoms with E-state index in [0.29, 0.717) is 0 Å². The third kappa shape index (κ3) is 14.5. The summed E-state index contributed by atoms with van der Waals surface area (Å²) in [6, 6.07) is 0. The zero-order chi connectivity index (χ0) is 14.8. The first-order valence-electron chi connectivity index (χ1n) is 6.83. The Morgan fingerprint density at radius 2 is 1.61 bits per heavy atom. The summed E-state index contributed by atoms with van der Waals surface area (Å²) in [5.41, 5.74) is 2.04. The molecule has 0 amide bonds.